The summed E-state index contributed by atoms with van der Waals surface area (Å²) in [5.41, 5.74) is -0.530. The van der Waals surface area contributed by atoms with Crippen molar-refractivity contribution < 1.29 is 14.0 Å². The van der Waals surface area contributed by atoms with Crippen LogP contribution in [0.3, 0.4) is 0 Å². The molecule has 2 atom stereocenters. The maximum atomic E-state index is 12.4. The van der Waals surface area contributed by atoms with Crippen LogP contribution in [0.1, 0.15) is 48.0 Å². The van der Waals surface area contributed by atoms with E-state index in [1.807, 2.05) is 20.8 Å². The van der Waals surface area contributed by atoms with Gasteiger partial charge in [-0.1, -0.05) is 20.8 Å². The van der Waals surface area contributed by atoms with Crippen LogP contribution in [-0.2, 0) is 9.16 Å². The van der Waals surface area contributed by atoms with E-state index in [0.29, 0.717) is 19.5 Å². The second-order valence-corrected chi connectivity index (χ2v) is 13.6. The topological polar surface area (TPSA) is 43.1 Å². The first kappa shape index (κ1) is 20.0. The molecule has 1 saturated heterocycles. The molecule has 0 bridgehead atoms. The van der Waals surface area contributed by atoms with E-state index in [-0.39, 0.29) is 23.3 Å². The third kappa shape index (κ3) is 5.50. The van der Waals surface area contributed by atoms with Crippen molar-refractivity contribution in [2.75, 3.05) is 13.1 Å². The Labute approximate surface area is 142 Å². The molecule has 1 rings (SSSR count). The zero-order valence-corrected chi connectivity index (χ0v) is 16.9. The van der Waals surface area contributed by atoms with E-state index < -0.39 is 13.9 Å². The fourth-order valence-electron chi connectivity index (χ4n) is 2.38. The number of rotatable bonds is 3. The number of nitrogens with zero attached hydrogens (tertiary/aromatic N) is 2. The van der Waals surface area contributed by atoms with Crippen molar-refractivity contribution in [2.45, 2.75) is 83.8 Å². The normalized spacial score (nSPS) is 22.8. The summed E-state index contributed by atoms with van der Waals surface area (Å²) in [6.45, 7) is 24.6. The number of carbonyl (C=O) groups is 1. The minimum atomic E-state index is -1.89. The largest absolute Gasteiger partial charge is 0.444 e. The van der Waals surface area contributed by atoms with E-state index in [1.165, 1.54) is 0 Å². The van der Waals surface area contributed by atoms with E-state index in [1.54, 1.807) is 4.90 Å². The van der Waals surface area contributed by atoms with Crippen molar-refractivity contribution in [3.05, 3.63) is 11.4 Å². The first-order valence-corrected chi connectivity index (χ1v) is 11.2. The van der Waals surface area contributed by atoms with Crippen molar-refractivity contribution >= 4 is 14.4 Å². The van der Waals surface area contributed by atoms with Crippen molar-refractivity contribution in [1.82, 2.24) is 4.90 Å². The van der Waals surface area contributed by atoms with Crippen molar-refractivity contribution in [2.24, 2.45) is 0 Å². The molecule has 6 heteroatoms. The molecule has 0 aromatic heterocycles. The molecule has 1 aliphatic heterocycles. The molecule has 0 N–H and O–H groups in total. The zero-order valence-electron chi connectivity index (χ0n) is 15.9. The highest BCUT2D eigenvalue weighted by atomic mass is 28.4. The molecule has 1 heterocycles. The average Bonchev–Trinajstić information content (AvgIpc) is 2.68. The molecule has 1 aliphatic rings. The number of carbonyl (C=O) groups excluding carboxylic acids is 1. The van der Waals surface area contributed by atoms with Gasteiger partial charge < -0.3 is 14.0 Å². The van der Waals surface area contributed by atoms with Crippen LogP contribution in [0.2, 0.25) is 18.1 Å². The highest BCUT2D eigenvalue weighted by molar-refractivity contribution is 6.74. The molecule has 132 valence electrons. The van der Waals surface area contributed by atoms with Gasteiger partial charge in [0.15, 0.2) is 8.32 Å². The highest BCUT2D eigenvalue weighted by Crippen LogP contribution is 2.39. The van der Waals surface area contributed by atoms with Crippen LogP contribution in [0.15, 0.2) is 0 Å². The Kier molecular flexibility index (Phi) is 5.92. The summed E-state index contributed by atoms with van der Waals surface area (Å²) in [7, 11) is -1.89. The Morgan fingerprint density at radius 2 is 1.83 bits per heavy atom. The summed E-state index contributed by atoms with van der Waals surface area (Å²) in [6.07, 6.45) is 0.372. The Bertz CT molecular complexity index is 472. The van der Waals surface area contributed by atoms with Gasteiger partial charge in [-0.05, 0) is 38.9 Å². The van der Waals surface area contributed by atoms with Gasteiger partial charge in [0.25, 0.3) is 0 Å². The van der Waals surface area contributed by atoms with Gasteiger partial charge in [0.05, 0.1) is 6.10 Å². The molecule has 0 aliphatic carbocycles. The molecular weight excluding hydrogens is 308 g/mol. The fourth-order valence-corrected chi connectivity index (χ4v) is 3.73. The van der Waals surface area contributed by atoms with Gasteiger partial charge in [-0.25, -0.2) is 11.4 Å². The lowest BCUT2D eigenvalue weighted by Gasteiger charge is -2.38. The van der Waals surface area contributed by atoms with Crippen LogP contribution in [-0.4, -0.2) is 50.1 Å². The lowest BCUT2D eigenvalue weighted by Crippen LogP contribution is -2.45. The number of amides is 1. The molecule has 23 heavy (non-hydrogen) atoms. The first-order chi connectivity index (χ1) is 10.3. The standard InChI is InChI=1S/C17H32N2O3Si/c1-16(2,3)21-15(20)19-12-14(10-13(19)11-18-7)22-23(8,9)17(4,5)6/h13-14H,10-12H2,1-6,8-9H3/t13-,14+/m1/s1. The maximum Gasteiger partial charge on any atom is 0.410 e. The average molecular weight is 341 g/mol. The quantitative estimate of drug-likeness (QED) is 0.568. The van der Waals surface area contributed by atoms with E-state index in [4.69, 9.17) is 15.7 Å². The van der Waals surface area contributed by atoms with Crippen LogP contribution >= 0.6 is 0 Å². The third-order valence-corrected chi connectivity index (χ3v) is 9.11. The zero-order chi connectivity index (χ0) is 18.1. The molecule has 0 unspecified atom stereocenters. The first-order valence-electron chi connectivity index (χ1n) is 8.27. The van der Waals surface area contributed by atoms with E-state index in [0.717, 1.165) is 0 Å². The molecule has 0 saturated carbocycles. The number of hydrogen-bond acceptors (Lipinski definition) is 3. The van der Waals surface area contributed by atoms with E-state index in [9.17, 15) is 4.79 Å². The Hall–Kier alpha value is -1.06. The van der Waals surface area contributed by atoms with Crippen LogP contribution in [0.4, 0.5) is 4.79 Å². The lowest BCUT2D eigenvalue weighted by molar-refractivity contribution is 0.0220. The molecule has 5 nitrogen and oxygen atoms in total. The van der Waals surface area contributed by atoms with Gasteiger partial charge >= 0.3 is 6.09 Å². The SMILES string of the molecule is [C-]#[N+]C[C@H]1C[C@H](O[Si](C)(C)C(C)(C)C)CN1C(=O)OC(C)(C)C. The second-order valence-electron chi connectivity index (χ2n) is 8.86. The number of likely N-dealkylation sites (tertiary alicyclic amines) is 1. The van der Waals surface area contributed by atoms with Gasteiger partial charge in [-0.3, -0.25) is 4.90 Å². The minimum Gasteiger partial charge on any atom is -0.444 e. The van der Waals surface area contributed by atoms with Crippen molar-refractivity contribution in [3.63, 3.8) is 0 Å². The van der Waals surface area contributed by atoms with Gasteiger partial charge in [-0.2, -0.15) is 0 Å². The molecule has 0 aromatic carbocycles. The highest BCUT2D eigenvalue weighted by Gasteiger charge is 2.45. The van der Waals surface area contributed by atoms with Crippen LogP contribution < -0.4 is 0 Å². The van der Waals surface area contributed by atoms with E-state index in [2.05, 4.69) is 38.7 Å². The fraction of sp³-hybridized carbons (Fsp3) is 0.882. The minimum absolute atomic E-state index is 0.00448. The molecule has 0 spiro atoms. The lowest BCUT2D eigenvalue weighted by atomic mass is 10.2. The van der Waals surface area contributed by atoms with Gasteiger partial charge in [0, 0.05) is 13.0 Å². The molecular formula is C17H32N2O3Si. The Balaban J connectivity index is 2.82. The van der Waals surface area contributed by atoms with Crippen molar-refractivity contribution in [1.29, 1.82) is 0 Å². The summed E-state index contributed by atoms with van der Waals surface area (Å²) >= 11 is 0. The third-order valence-electron chi connectivity index (χ3n) is 4.57. The van der Waals surface area contributed by atoms with Crippen LogP contribution in [0.25, 0.3) is 4.85 Å². The van der Waals surface area contributed by atoms with Gasteiger partial charge in [0.2, 0.25) is 6.54 Å². The Morgan fingerprint density at radius 3 is 2.26 bits per heavy atom. The number of ether oxygens (including phenoxy) is 1. The molecule has 1 fully saturated rings. The maximum absolute atomic E-state index is 12.4. The predicted molar refractivity (Wildman–Crippen MR) is 94.9 cm³/mol. The Morgan fingerprint density at radius 1 is 1.26 bits per heavy atom. The summed E-state index contributed by atoms with van der Waals surface area (Å²) < 4.78 is 11.9. The van der Waals surface area contributed by atoms with Crippen molar-refractivity contribution in [3.8, 4) is 0 Å². The van der Waals surface area contributed by atoms with Gasteiger partial charge in [0.1, 0.15) is 11.6 Å². The summed E-state index contributed by atoms with van der Waals surface area (Å²) in [5, 5.41) is 0.127. The second kappa shape index (κ2) is 6.82. The summed E-state index contributed by atoms with van der Waals surface area (Å²) in [5.74, 6) is 0. The molecule has 0 radical (unpaired) electrons. The summed E-state index contributed by atoms with van der Waals surface area (Å²) in [4.78, 5) is 17.6. The van der Waals surface area contributed by atoms with Crippen LogP contribution in [0.5, 0.6) is 0 Å². The van der Waals surface area contributed by atoms with Gasteiger partial charge in [-0.15, -0.1) is 0 Å². The molecule has 0 aromatic rings. The number of hydrogen-bond donors (Lipinski definition) is 0. The predicted octanol–water partition coefficient (Wildman–Crippen LogP) is 4.31. The van der Waals surface area contributed by atoms with E-state index >= 15 is 0 Å². The molecule has 1 amide bonds. The monoisotopic (exact) mass is 340 g/mol. The summed E-state index contributed by atoms with van der Waals surface area (Å²) in [6, 6.07) is -0.114. The smallest absolute Gasteiger partial charge is 0.410 e. The van der Waals surface area contributed by atoms with Crippen LogP contribution in [0, 0.1) is 6.57 Å².